The van der Waals surface area contributed by atoms with Crippen molar-refractivity contribution in [2.45, 2.75) is 13.5 Å². The van der Waals surface area contributed by atoms with Gasteiger partial charge in [-0.05, 0) is 6.92 Å². The zero-order valence-electron chi connectivity index (χ0n) is 14.4. The molecule has 0 spiro atoms. The number of halogens is 1. The van der Waals surface area contributed by atoms with Crippen LogP contribution in [0.5, 0.6) is 0 Å². The van der Waals surface area contributed by atoms with E-state index in [1.165, 1.54) is 4.90 Å². The van der Waals surface area contributed by atoms with Gasteiger partial charge in [0.05, 0.1) is 12.7 Å². The molecule has 8 heteroatoms. The molecule has 1 N–H and O–H groups in total. The molecule has 1 aromatic rings. The number of imidazole rings is 1. The first-order valence-corrected chi connectivity index (χ1v) is 7.60. The lowest BCUT2D eigenvalue weighted by Crippen LogP contribution is -2.40. The zero-order valence-corrected chi connectivity index (χ0v) is 15.2. The van der Waals surface area contributed by atoms with E-state index in [0.29, 0.717) is 24.2 Å². The number of aliphatic imine (C=N–C) groups is 1. The maximum atomic E-state index is 11.7. The Hall–Kier alpha value is -2.02. The number of guanidine groups is 1. The first-order valence-electron chi connectivity index (χ1n) is 7.22. The first-order chi connectivity index (χ1) is 10.7. The van der Waals surface area contributed by atoms with Crippen LogP contribution in [-0.2, 0) is 18.4 Å². The summed E-state index contributed by atoms with van der Waals surface area (Å²) < 4.78 is 1.80. The third kappa shape index (κ3) is 5.94. The second-order valence-corrected chi connectivity index (χ2v) is 6.04. The van der Waals surface area contributed by atoms with E-state index in [1.54, 1.807) is 24.9 Å². The fourth-order valence-corrected chi connectivity index (χ4v) is 1.83. The second kappa shape index (κ2) is 8.57. The summed E-state index contributed by atoms with van der Waals surface area (Å²) in [5.41, 5.74) is 0.977. The molecule has 1 heterocycles. The molecule has 0 saturated carbocycles. The summed E-state index contributed by atoms with van der Waals surface area (Å²) in [6.07, 6.45) is 1.61. The quantitative estimate of drug-likeness (QED) is 0.479. The number of nitrogens with zero attached hydrogens (tertiary/aromatic N) is 5. The van der Waals surface area contributed by atoms with Crippen molar-refractivity contribution in [2.24, 2.45) is 12.0 Å². The van der Waals surface area contributed by atoms with Gasteiger partial charge in [-0.1, -0.05) is 23.8 Å². The molecule has 1 amide bonds. The number of amides is 1. The van der Waals surface area contributed by atoms with Gasteiger partial charge in [0.15, 0.2) is 5.96 Å². The molecule has 0 bridgehead atoms. The second-order valence-electron chi connectivity index (χ2n) is 5.65. The summed E-state index contributed by atoms with van der Waals surface area (Å²) in [7, 11) is 7.15. The molecule has 0 aromatic carbocycles. The van der Waals surface area contributed by atoms with Crippen LogP contribution in [-0.4, -0.2) is 65.5 Å². The predicted molar refractivity (Wildman–Crippen MR) is 93.5 cm³/mol. The Kier molecular flexibility index (Phi) is 7.09. The third-order valence-electron chi connectivity index (χ3n) is 3.18. The van der Waals surface area contributed by atoms with Crippen molar-refractivity contribution in [1.82, 2.24) is 24.7 Å². The van der Waals surface area contributed by atoms with E-state index < -0.39 is 0 Å². The molecule has 1 aromatic heterocycles. The van der Waals surface area contributed by atoms with E-state index in [0.717, 1.165) is 11.4 Å². The Morgan fingerprint density at radius 3 is 2.61 bits per heavy atom. The van der Waals surface area contributed by atoms with Crippen LogP contribution in [0, 0.1) is 0 Å². The molecular weight excluding hydrogens is 316 g/mol. The average molecular weight is 341 g/mol. The number of likely N-dealkylation sites (N-methyl/N-ethyl adjacent to an activating group) is 1. The van der Waals surface area contributed by atoms with Gasteiger partial charge in [0, 0.05) is 34.7 Å². The van der Waals surface area contributed by atoms with Crippen LogP contribution in [0.15, 0.2) is 23.3 Å². The summed E-state index contributed by atoms with van der Waals surface area (Å²) in [4.78, 5) is 23.8. The van der Waals surface area contributed by atoms with Crippen LogP contribution >= 0.6 is 11.6 Å². The SMILES string of the molecule is C=C(C)CNC(=NCC(=O)N(C)C)N(C)Cc1ncc(Cl)n1C. The van der Waals surface area contributed by atoms with Crippen molar-refractivity contribution in [1.29, 1.82) is 0 Å². The molecule has 7 nitrogen and oxygen atoms in total. The highest BCUT2D eigenvalue weighted by Crippen LogP contribution is 2.10. The van der Waals surface area contributed by atoms with Crippen LogP contribution in [0.1, 0.15) is 12.7 Å². The molecule has 1 rings (SSSR count). The van der Waals surface area contributed by atoms with E-state index >= 15 is 0 Å². The number of hydrogen-bond acceptors (Lipinski definition) is 3. The van der Waals surface area contributed by atoms with Gasteiger partial charge in [0.1, 0.15) is 17.5 Å². The average Bonchev–Trinajstić information content (AvgIpc) is 2.78. The zero-order chi connectivity index (χ0) is 17.6. The summed E-state index contributed by atoms with van der Waals surface area (Å²) in [6, 6.07) is 0. The van der Waals surface area contributed by atoms with E-state index in [4.69, 9.17) is 11.6 Å². The maximum absolute atomic E-state index is 11.7. The molecule has 0 fully saturated rings. The normalized spacial score (nSPS) is 11.3. The molecule has 0 unspecified atom stereocenters. The Balaban J connectivity index is 2.84. The number of carbonyl (C=O) groups is 1. The molecule has 0 aliphatic carbocycles. The van der Waals surface area contributed by atoms with Gasteiger partial charge >= 0.3 is 0 Å². The lowest BCUT2D eigenvalue weighted by atomic mass is 10.3. The number of hydrogen-bond donors (Lipinski definition) is 1. The minimum Gasteiger partial charge on any atom is -0.352 e. The number of nitrogens with one attached hydrogen (secondary N) is 1. The van der Waals surface area contributed by atoms with Gasteiger partial charge in [-0.25, -0.2) is 9.98 Å². The molecule has 128 valence electrons. The summed E-state index contributed by atoms with van der Waals surface area (Å²) in [5.74, 6) is 1.36. The van der Waals surface area contributed by atoms with Gasteiger partial charge < -0.3 is 19.7 Å². The van der Waals surface area contributed by atoms with Crippen LogP contribution in [0.25, 0.3) is 0 Å². The standard InChI is InChI=1S/C15H25ClN6O/c1-11(2)7-18-15(19-9-14(23)20(3)4)21(5)10-13-17-8-12(16)22(13)6/h8H,1,7,9-10H2,2-6H3,(H,18,19). The lowest BCUT2D eigenvalue weighted by molar-refractivity contribution is -0.127. The van der Waals surface area contributed by atoms with Crippen molar-refractivity contribution in [3.63, 3.8) is 0 Å². The summed E-state index contributed by atoms with van der Waals surface area (Å²) in [5, 5.41) is 3.77. The number of aromatic nitrogens is 2. The van der Waals surface area contributed by atoms with Gasteiger partial charge in [-0.2, -0.15) is 0 Å². The molecule has 0 aliphatic heterocycles. The largest absolute Gasteiger partial charge is 0.352 e. The first kappa shape index (κ1) is 19.0. The van der Waals surface area contributed by atoms with Gasteiger partial charge in [0.2, 0.25) is 5.91 Å². The molecule has 0 atom stereocenters. The monoisotopic (exact) mass is 340 g/mol. The molecule has 0 aliphatic rings. The van der Waals surface area contributed by atoms with E-state index in [2.05, 4.69) is 21.9 Å². The van der Waals surface area contributed by atoms with E-state index in [9.17, 15) is 4.79 Å². The number of carbonyl (C=O) groups excluding carboxylic acids is 1. The molecule has 0 radical (unpaired) electrons. The minimum atomic E-state index is -0.0620. The van der Waals surface area contributed by atoms with Gasteiger partial charge in [-0.15, -0.1) is 0 Å². The molecule has 23 heavy (non-hydrogen) atoms. The van der Waals surface area contributed by atoms with E-state index in [-0.39, 0.29) is 12.5 Å². The summed E-state index contributed by atoms with van der Waals surface area (Å²) in [6.45, 7) is 6.97. The van der Waals surface area contributed by atoms with Crippen molar-refractivity contribution in [3.05, 3.63) is 29.3 Å². The van der Waals surface area contributed by atoms with Crippen molar-refractivity contribution in [2.75, 3.05) is 34.2 Å². The molecule has 0 saturated heterocycles. The maximum Gasteiger partial charge on any atom is 0.243 e. The van der Waals surface area contributed by atoms with Crippen LogP contribution in [0.2, 0.25) is 5.15 Å². The Bertz CT molecular complexity index is 593. The Morgan fingerprint density at radius 2 is 2.13 bits per heavy atom. The topological polar surface area (TPSA) is 65.8 Å². The van der Waals surface area contributed by atoms with Gasteiger partial charge in [-0.3, -0.25) is 4.79 Å². The van der Waals surface area contributed by atoms with Crippen molar-refractivity contribution >= 4 is 23.5 Å². The minimum absolute atomic E-state index is 0.0620. The van der Waals surface area contributed by atoms with Crippen LogP contribution < -0.4 is 5.32 Å². The van der Waals surface area contributed by atoms with E-state index in [1.807, 2.05) is 25.9 Å². The van der Waals surface area contributed by atoms with Crippen molar-refractivity contribution < 1.29 is 4.79 Å². The fourth-order valence-electron chi connectivity index (χ4n) is 1.68. The Morgan fingerprint density at radius 1 is 1.48 bits per heavy atom. The molecular formula is C15H25ClN6O. The predicted octanol–water partition coefficient (Wildman–Crippen LogP) is 1.12. The van der Waals surface area contributed by atoms with Crippen LogP contribution in [0.3, 0.4) is 0 Å². The number of rotatable bonds is 6. The highest BCUT2D eigenvalue weighted by atomic mass is 35.5. The summed E-state index contributed by atoms with van der Waals surface area (Å²) >= 11 is 6.01. The van der Waals surface area contributed by atoms with Crippen LogP contribution in [0.4, 0.5) is 0 Å². The smallest absolute Gasteiger partial charge is 0.243 e. The highest BCUT2D eigenvalue weighted by molar-refractivity contribution is 6.29. The third-order valence-corrected chi connectivity index (χ3v) is 3.53. The van der Waals surface area contributed by atoms with Gasteiger partial charge in [0.25, 0.3) is 0 Å². The fraction of sp³-hybridized carbons (Fsp3) is 0.533. The Labute approximate surface area is 142 Å². The lowest BCUT2D eigenvalue weighted by Gasteiger charge is -2.22. The highest BCUT2D eigenvalue weighted by Gasteiger charge is 2.12. The van der Waals surface area contributed by atoms with Crippen molar-refractivity contribution in [3.8, 4) is 0 Å².